The quantitative estimate of drug-likeness (QED) is 0.899. The Hall–Kier alpha value is -1.46. The smallest absolute Gasteiger partial charge is 0.125 e. The molecule has 1 atom stereocenters. The zero-order valence-corrected chi connectivity index (χ0v) is 11.0. The van der Waals surface area contributed by atoms with Crippen LogP contribution in [-0.2, 0) is 6.54 Å². The molecule has 4 nitrogen and oxygen atoms in total. The van der Waals surface area contributed by atoms with E-state index in [0.29, 0.717) is 18.6 Å². The van der Waals surface area contributed by atoms with Gasteiger partial charge in [0.15, 0.2) is 0 Å². The zero-order valence-electron chi connectivity index (χ0n) is 11.0. The Morgan fingerprint density at radius 2 is 2.17 bits per heavy atom. The molecular formula is C13H19FN4. The molecule has 1 aromatic heterocycles. The van der Waals surface area contributed by atoms with E-state index in [2.05, 4.69) is 9.55 Å². The third-order valence-corrected chi connectivity index (χ3v) is 2.96. The summed E-state index contributed by atoms with van der Waals surface area (Å²) in [6.07, 6.45) is 0. The van der Waals surface area contributed by atoms with Gasteiger partial charge >= 0.3 is 0 Å². The maximum Gasteiger partial charge on any atom is 0.125 e. The first kappa shape index (κ1) is 13.0. The highest BCUT2D eigenvalue weighted by Gasteiger charge is 2.15. The second-order valence-corrected chi connectivity index (χ2v) is 4.85. The molecule has 1 unspecified atom stereocenters. The number of rotatable bonds is 4. The van der Waals surface area contributed by atoms with Crippen molar-refractivity contribution in [1.82, 2.24) is 14.5 Å². The maximum atomic E-state index is 13.2. The predicted molar refractivity (Wildman–Crippen MR) is 70.8 cm³/mol. The van der Waals surface area contributed by atoms with E-state index >= 15 is 0 Å². The molecule has 2 rings (SSSR count). The number of aromatic nitrogens is 2. The van der Waals surface area contributed by atoms with E-state index in [1.165, 1.54) is 12.1 Å². The van der Waals surface area contributed by atoms with E-state index in [1.54, 1.807) is 6.07 Å². The monoisotopic (exact) mass is 250 g/mol. The number of imidazole rings is 1. The predicted octanol–water partition coefficient (Wildman–Crippen LogP) is 1.76. The third kappa shape index (κ3) is 2.37. The molecule has 1 heterocycles. The molecule has 0 amide bonds. The van der Waals surface area contributed by atoms with Gasteiger partial charge in [-0.1, -0.05) is 0 Å². The van der Waals surface area contributed by atoms with Crippen LogP contribution in [0.3, 0.4) is 0 Å². The fourth-order valence-electron chi connectivity index (χ4n) is 2.11. The molecule has 0 aliphatic rings. The first-order chi connectivity index (χ1) is 8.52. The fourth-order valence-corrected chi connectivity index (χ4v) is 2.11. The van der Waals surface area contributed by atoms with Gasteiger partial charge in [-0.2, -0.15) is 0 Å². The van der Waals surface area contributed by atoms with Gasteiger partial charge in [0.1, 0.15) is 11.6 Å². The number of benzene rings is 1. The maximum absolute atomic E-state index is 13.2. The molecule has 0 bridgehead atoms. The lowest BCUT2D eigenvalue weighted by Crippen LogP contribution is -2.21. The Kier molecular flexibility index (Phi) is 3.63. The van der Waals surface area contributed by atoms with Gasteiger partial charge in [0.25, 0.3) is 0 Å². The van der Waals surface area contributed by atoms with E-state index in [9.17, 15) is 4.39 Å². The molecule has 2 N–H and O–H groups in total. The average Bonchev–Trinajstić information content (AvgIpc) is 2.64. The average molecular weight is 250 g/mol. The van der Waals surface area contributed by atoms with Gasteiger partial charge in [0.05, 0.1) is 17.6 Å². The molecule has 98 valence electrons. The fraction of sp³-hybridized carbons (Fsp3) is 0.462. The summed E-state index contributed by atoms with van der Waals surface area (Å²) >= 11 is 0. The Morgan fingerprint density at radius 1 is 1.44 bits per heavy atom. The van der Waals surface area contributed by atoms with Crippen molar-refractivity contribution < 1.29 is 4.39 Å². The van der Waals surface area contributed by atoms with Crippen LogP contribution in [0.15, 0.2) is 18.2 Å². The highest BCUT2D eigenvalue weighted by molar-refractivity contribution is 5.76. The number of hydrogen-bond donors (Lipinski definition) is 1. The molecule has 0 saturated carbocycles. The topological polar surface area (TPSA) is 47.1 Å². The first-order valence-electron chi connectivity index (χ1n) is 6.04. The molecule has 0 aliphatic carbocycles. The van der Waals surface area contributed by atoms with E-state index < -0.39 is 0 Å². The van der Waals surface area contributed by atoms with Crippen molar-refractivity contribution in [2.24, 2.45) is 5.73 Å². The first-order valence-corrected chi connectivity index (χ1v) is 6.04. The Morgan fingerprint density at radius 3 is 2.78 bits per heavy atom. The molecule has 0 aliphatic heterocycles. The zero-order chi connectivity index (χ0) is 13.3. The van der Waals surface area contributed by atoms with Crippen molar-refractivity contribution in [3.05, 3.63) is 29.8 Å². The summed E-state index contributed by atoms with van der Waals surface area (Å²) in [7, 11) is 3.97. The van der Waals surface area contributed by atoms with Gasteiger partial charge in [0, 0.05) is 18.7 Å². The van der Waals surface area contributed by atoms with Crippen LogP contribution in [0.2, 0.25) is 0 Å². The lowest BCUT2D eigenvalue weighted by atomic mass is 10.2. The molecule has 0 fully saturated rings. The molecule has 0 radical (unpaired) electrons. The minimum atomic E-state index is -0.260. The highest BCUT2D eigenvalue weighted by Crippen LogP contribution is 2.22. The van der Waals surface area contributed by atoms with Crippen LogP contribution in [0.1, 0.15) is 18.8 Å². The summed E-state index contributed by atoms with van der Waals surface area (Å²) in [5.74, 6) is 0.655. The van der Waals surface area contributed by atoms with Gasteiger partial charge in [0.2, 0.25) is 0 Å². The van der Waals surface area contributed by atoms with E-state index in [1.807, 2.05) is 25.9 Å². The van der Waals surface area contributed by atoms with Crippen LogP contribution in [0.4, 0.5) is 4.39 Å². The Balaban J connectivity index is 2.60. The Labute approximate surface area is 106 Å². The van der Waals surface area contributed by atoms with Crippen molar-refractivity contribution in [2.75, 3.05) is 20.6 Å². The van der Waals surface area contributed by atoms with Crippen molar-refractivity contribution in [1.29, 1.82) is 0 Å². The second kappa shape index (κ2) is 5.04. The number of nitrogens with two attached hydrogens (primary N) is 1. The minimum absolute atomic E-state index is 0.149. The molecule has 5 heteroatoms. The van der Waals surface area contributed by atoms with E-state index in [0.717, 1.165) is 11.3 Å². The highest BCUT2D eigenvalue weighted by atomic mass is 19.1. The molecular weight excluding hydrogens is 231 g/mol. The molecule has 2 aromatic rings. The third-order valence-electron chi connectivity index (χ3n) is 2.96. The van der Waals surface area contributed by atoms with Gasteiger partial charge in [-0.05, 0) is 33.2 Å². The van der Waals surface area contributed by atoms with Gasteiger partial charge in [-0.3, -0.25) is 0 Å². The SMILES string of the molecule is CC(CN)n1c(CN(C)C)nc2cc(F)ccc21. The summed E-state index contributed by atoms with van der Waals surface area (Å²) in [5, 5.41) is 0. The summed E-state index contributed by atoms with van der Waals surface area (Å²) in [4.78, 5) is 6.55. The number of hydrogen-bond acceptors (Lipinski definition) is 3. The van der Waals surface area contributed by atoms with E-state index in [-0.39, 0.29) is 11.9 Å². The molecule has 1 aromatic carbocycles. The summed E-state index contributed by atoms with van der Waals surface area (Å²) in [6.45, 7) is 3.29. The minimum Gasteiger partial charge on any atom is -0.328 e. The van der Waals surface area contributed by atoms with Gasteiger partial charge < -0.3 is 15.2 Å². The standard InChI is InChI=1S/C13H19FN4/c1-9(7-15)18-12-5-4-10(14)6-11(12)16-13(18)8-17(2)3/h4-6,9H,7-8,15H2,1-3H3. The van der Waals surface area contributed by atoms with Crippen molar-refractivity contribution in [3.8, 4) is 0 Å². The number of fused-ring (bicyclic) bond motifs is 1. The van der Waals surface area contributed by atoms with E-state index in [4.69, 9.17) is 5.73 Å². The van der Waals surface area contributed by atoms with Crippen LogP contribution in [0.5, 0.6) is 0 Å². The lowest BCUT2D eigenvalue weighted by molar-refractivity contribution is 0.374. The summed E-state index contributed by atoms with van der Waals surface area (Å²) in [5.41, 5.74) is 7.37. The largest absolute Gasteiger partial charge is 0.328 e. The van der Waals surface area contributed by atoms with Gasteiger partial charge in [-0.15, -0.1) is 0 Å². The van der Waals surface area contributed by atoms with Crippen molar-refractivity contribution in [2.45, 2.75) is 19.5 Å². The van der Waals surface area contributed by atoms with Crippen LogP contribution >= 0.6 is 0 Å². The molecule has 0 spiro atoms. The molecule has 0 saturated heterocycles. The van der Waals surface area contributed by atoms with Crippen molar-refractivity contribution in [3.63, 3.8) is 0 Å². The summed E-state index contributed by atoms with van der Waals surface area (Å²) in [6, 6.07) is 4.84. The normalized spacial score (nSPS) is 13.4. The van der Waals surface area contributed by atoms with Gasteiger partial charge in [-0.25, -0.2) is 9.37 Å². The summed E-state index contributed by atoms with van der Waals surface area (Å²) < 4.78 is 15.3. The van der Waals surface area contributed by atoms with Crippen molar-refractivity contribution >= 4 is 11.0 Å². The Bertz CT molecular complexity index is 547. The van der Waals surface area contributed by atoms with Crippen LogP contribution in [-0.4, -0.2) is 35.1 Å². The van der Waals surface area contributed by atoms with Crippen LogP contribution in [0.25, 0.3) is 11.0 Å². The molecule has 18 heavy (non-hydrogen) atoms. The lowest BCUT2D eigenvalue weighted by Gasteiger charge is -2.17. The number of halogens is 1. The van der Waals surface area contributed by atoms with Crippen LogP contribution < -0.4 is 5.73 Å². The number of nitrogens with zero attached hydrogens (tertiary/aromatic N) is 3. The van der Waals surface area contributed by atoms with Crippen LogP contribution in [0, 0.1) is 5.82 Å². The second-order valence-electron chi connectivity index (χ2n) is 4.85.